The fourth-order valence-corrected chi connectivity index (χ4v) is 3.15. The van der Waals surface area contributed by atoms with E-state index in [4.69, 9.17) is 0 Å². The molecule has 2 rings (SSSR count). The highest BCUT2D eigenvalue weighted by atomic mass is 32.2. The minimum absolute atomic E-state index is 0.348. The number of fused-ring (bicyclic) bond motifs is 1. The molecule has 0 aliphatic heterocycles. The average Bonchev–Trinajstić information content (AvgIpc) is 2.22. The van der Waals surface area contributed by atoms with E-state index in [1.165, 1.54) is 16.0 Å². The van der Waals surface area contributed by atoms with Crippen LogP contribution in [0.25, 0.3) is 0 Å². The summed E-state index contributed by atoms with van der Waals surface area (Å²) in [6, 6.07) is 0. The number of nitrogens with zero attached hydrogens (tertiary/aromatic N) is 1. The summed E-state index contributed by atoms with van der Waals surface area (Å²) in [5, 5.41) is 9.92. The number of aliphatic hydroxyl groups is 1. The minimum atomic E-state index is -0.348. The monoisotopic (exact) mass is 223 g/mol. The minimum Gasteiger partial charge on any atom is -0.387 e. The summed E-state index contributed by atoms with van der Waals surface area (Å²) in [5.74, 6) is 0. The molecule has 82 valence electrons. The van der Waals surface area contributed by atoms with E-state index < -0.39 is 0 Å². The molecule has 1 N–H and O–H groups in total. The van der Waals surface area contributed by atoms with Crippen molar-refractivity contribution in [3.63, 3.8) is 0 Å². The van der Waals surface area contributed by atoms with Gasteiger partial charge in [0.25, 0.3) is 0 Å². The van der Waals surface area contributed by atoms with Crippen molar-refractivity contribution < 1.29 is 5.11 Å². The lowest BCUT2D eigenvalue weighted by Gasteiger charge is -2.24. The van der Waals surface area contributed by atoms with Crippen molar-refractivity contribution >= 4 is 11.8 Å². The third-order valence-electron chi connectivity index (χ3n) is 3.18. The molecule has 0 fully saturated rings. The van der Waals surface area contributed by atoms with E-state index in [1.54, 1.807) is 11.8 Å². The smallest absolute Gasteiger partial charge is 0.0963 e. The van der Waals surface area contributed by atoms with Gasteiger partial charge in [0.15, 0.2) is 0 Å². The number of rotatable bonds is 1. The average molecular weight is 223 g/mol. The Bertz CT molecular complexity index is 390. The van der Waals surface area contributed by atoms with Crippen LogP contribution in [0, 0.1) is 13.8 Å². The molecule has 1 atom stereocenters. The summed E-state index contributed by atoms with van der Waals surface area (Å²) in [6.07, 6.45) is 4.75. The normalized spacial score (nSPS) is 20.1. The molecule has 0 saturated heterocycles. The van der Waals surface area contributed by atoms with Crippen LogP contribution >= 0.6 is 11.8 Å². The van der Waals surface area contributed by atoms with Crippen molar-refractivity contribution in [3.05, 3.63) is 22.5 Å². The first-order valence-corrected chi connectivity index (χ1v) is 6.59. The lowest BCUT2D eigenvalue weighted by Crippen LogP contribution is -2.14. The van der Waals surface area contributed by atoms with Crippen molar-refractivity contribution in [3.8, 4) is 0 Å². The zero-order valence-electron chi connectivity index (χ0n) is 9.50. The fourth-order valence-electron chi connectivity index (χ4n) is 2.24. The largest absolute Gasteiger partial charge is 0.387 e. The van der Waals surface area contributed by atoms with Crippen LogP contribution in [0.1, 0.15) is 41.5 Å². The molecule has 1 aromatic rings. The summed E-state index contributed by atoms with van der Waals surface area (Å²) >= 11 is 1.78. The highest BCUT2D eigenvalue weighted by molar-refractivity contribution is 7.98. The Hall–Kier alpha value is -0.540. The van der Waals surface area contributed by atoms with Gasteiger partial charge in [-0.15, -0.1) is 11.8 Å². The summed E-state index contributed by atoms with van der Waals surface area (Å²) in [4.78, 5) is 5.87. The SMILES string of the molecule is CSc1c(C)c(C)nc2c1CCCC2O. The first kappa shape index (κ1) is 11.0. The summed E-state index contributed by atoms with van der Waals surface area (Å²) in [7, 11) is 0. The van der Waals surface area contributed by atoms with E-state index in [0.29, 0.717) is 0 Å². The molecule has 1 aromatic heterocycles. The van der Waals surface area contributed by atoms with Crippen LogP contribution in [0.5, 0.6) is 0 Å². The molecule has 0 spiro atoms. The van der Waals surface area contributed by atoms with Gasteiger partial charge in [0.05, 0.1) is 11.8 Å². The molecule has 1 aliphatic rings. The zero-order valence-corrected chi connectivity index (χ0v) is 10.3. The molecule has 1 unspecified atom stereocenters. The first-order valence-electron chi connectivity index (χ1n) is 5.37. The maximum Gasteiger partial charge on any atom is 0.0963 e. The number of aliphatic hydroxyl groups excluding tert-OH is 1. The molecule has 1 aliphatic carbocycles. The Morgan fingerprint density at radius 2 is 2.13 bits per heavy atom. The third kappa shape index (κ3) is 1.79. The highest BCUT2D eigenvalue weighted by Gasteiger charge is 2.23. The van der Waals surface area contributed by atoms with E-state index in [2.05, 4.69) is 18.2 Å². The second-order valence-electron chi connectivity index (χ2n) is 4.13. The molecule has 15 heavy (non-hydrogen) atoms. The van der Waals surface area contributed by atoms with Gasteiger partial charge in [-0.2, -0.15) is 0 Å². The van der Waals surface area contributed by atoms with Crippen molar-refractivity contribution in [2.75, 3.05) is 6.26 Å². The number of aryl methyl sites for hydroxylation is 1. The molecular weight excluding hydrogens is 206 g/mol. The molecule has 0 radical (unpaired) electrons. The predicted octanol–water partition coefficient (Wildman–Crippen LogP) is 2.79. The van der Waals surface area contributed by atoms with Gasteiger partial charge >= 0.3 is 0 Å². The topological polar surface area (TPSA) is 33.1 Å². The first-order chi connectivity index (χ1) is 7.15. The number of hydrogen-bond acceptors (Lipinski definition) is 3. The van der Waals surface area contributed by atoms with E-state index in [1.807, 2.05) is 6.92 Å². The third-order valence-corrected chi connectivity index (χ3v) is 4.14. The van der Waals surface area contributed by atoms with Gasteiger partial charge < -0.3 is 5.11 Å². The highest BCUT2D eigenvalue weighted by Crippen LogP contribution is 2.36. The van der Waals surface area contributed by atoms with Gasteiger partial charge in [0.1, 0.15) is 0 Å². The molecule has 1 heterocycles. The molecule has 3 heteroatoms. The molecule has 0 amide bonds. The Kier molecular flexibility index (Phi) is 3.03. The van der Waals surface area contributed by atoms with E-state index in [-0.39, 0.29) is 6.10 Å². The Morgan fingerprint density at radius 1 is 1.40 bits per heavy atom. The number of thioether (sulfide) groups is 1. The maximum absolute atomic E-state index is 9.92. The Balaban J connectivity index is 2.63. The molecule has 0 aromatic carbocycles. The van der Waals surface area contributed by atoms with Crippen LogP contribution in [0.15, 0.2) is 4.90 Å². The van der Waals surface area contributed by atoms with Gasteiger partial charge in [-0.25, -0.2) is 0 Å². The summed E-state index contributed by atoms with van der Waals surface area (Å²) in [6.45, 7) is 4.14. The van der Waals surface area contributed by atoms with Crippen LogP contribution in [0.4, 0.5) is 0 Å². The maximum atomic E-state index is 9.92. The van der Waals surface area contributed by atoms with Crippen LogP contribution in [-0.4, -0.2) is 16.3 Å². The van der Waals surface area contributed by atoms with Gasteiger partial charge in [-0.1, -0.05) is 0 Å². The second kappa shape index (κ2) is 4.14. The van der Waals surface area contributed by atoms with Gasteiger partial charge in [0.2, 0.25) is 0 Å². The van der Waals surface area contributed by atoms with Crippen LogP contribution in [0.3, 0.4) is 0 Å². The van der Waals surface area contributed by atoms with E-state index in [0.717, 1.165) is 30.7 Å². The number of aromatic nitrogens is 1. The lowest BCUT2D eigenvalue weighted by molar-refractivity contribution is 0.150. The molecular formula is C12H17NOS. The standard InChI is InChI=1S/C12H17NOS/c1-7-8(2)13-11-9(12(7)15-3)5-4-6-10(11)14/h10,14H,4-6H2,1-3H3. The molecule has 2 nitrogen and oxygen atoms in total. The van der Waals surface area contributed by atoms with Crippen LogP contribution in [-0.2, 0) is 6.42 Å². The van der Waals surface area contributed by atoms with Gasteiger partial charge in [-0.05, 0) is 50.5 Å². The lowest BCUT2D eigenvalue weighted by atomic mass is 9.92. The summed E-state index contributed by atoms with van der Waals surface area (Å²) in [5.41, 5.74) is 4.53. The second-order valence-corrected chi connectivity index (χ2v) is 4.94. The number of hydrogen-bond donors (Lipinski definition) is 1. The quantitative estimate of drug-likeness (QED) is 0.743. The van der Waals surface area contributed by atoms with Gasteiger partial charge in [-0.3, -0.25) is 4.98 Å². The van der Waals surface area contributed by atoms with E-state index >= 15 is 0 Å². The predicted molar refractivity (Wildman–Crippen MR) is 63.4 cm³/mol. The van der Waals surface area contributed by atoms with Gasteiger partial charge in [0, 0.05) is 10.6 Å². The van der Waals surface area contributed by atoms with E-state index in [9.17, 15) is 5.11 Å². The van der Waals surface area contributed by atoms with Crippen molar-refractivity contribution in [1.29, 1.82) is 0 Å². The van der Waals surface area contributed by atoms with Crippen LogP contribution in [0.2, 0.25) is 0 Å². The number of pyridine rings is 1. The zero-order chi connectivity index (χ0) is 11.0. The Morgan fingerprint density at radius 3 is 2.80 bits per heavy atom. The fraction of sp³-hybridized carbons (Fsp3) is 0.583. The Labute approximate surface area is 95.1 Å². The van der Waals surface area contributed by atoms with Crippen LogP contribution < -0.4 is 0 Å². The molecule has 0 bridgehead atoms. The summed E-state index contributed by atoms with van der Waals surface area (Å²) < 4.78 is 0. The van der Waals surface area contributed by atoms with Crippen molar-refractivity contribution in [1.82, 2.24) is 4.98 Å². The van der Waals surface area contributed by atoms with Crippen molar-refractivity contribution in [2.45, 2.75) is 44.1 Å². The molecule has 0 saturated carbocycles. The van der Waals surface area contributed by atoms with Crippen molar-refractivity contribution in [2.24, 2.45) is 0 Å².